The highest BCUT2D eigenvalue weighted by atomic mass is 32.1. The molecule has 1 unspecified atom stereocenters. The van der Waals surface area contributed by atoms with Gasteiger partial charge >= 0.3 is 12.1 Å². The monoisotopic (exact) mass is 571 g/mol. The Hall–Kier alpha value is -3.58. The number of rotatable bonds is 10. The quantitative estimate of drug-likeness (QED) is 0.271. The minimum absolute atomic E-state index is 0.200. The van der Waals surface area contributed by atoms with E-state index >= 15 is 0 Å². The number of unbranched alkanes of at least 4 members (excludes halogenated alkanes) is 1. The van der Waals surface area contributed by atoms with Gasteiger partial charge in [-0.3, -0.25) is 9.69 Å². The lowest BCUT2D eigenvalue weighted by Crippen LogP contribution is -2.39. The summed E-state index contributed by atoms with van der Waals surface area (Å²) in [7, 11) is 1.77. The summed E-state index contributed by atoms with van der Waals surface area (Å²) >= 11 is 1.43. The van der Waals surface area contributed by atoms with Crippen LogP contribution in [-0.4, -0.2) is 77.5 Å². The minimum atomic E-state index is -0.644. The molecule has 1 N–H and O–H groups in total. The highest BCUT2D eigenvalue weighted by molar-refractivity contribution is 7.22. The summed E-state index contributed by atoms with van der Waals surface area (Å²) in [6, 6.07) is 1.89. The SMILES string of the molecule is CCOC(=O)CCCCN(C(=O)OC(C)(C)C)c1cc2nc(N3CCOC(c4cnc(NC)nc4)C3)ncc2s1. The molecule has 1 aliphatic rings. The summed E-state index contributed by atoms with van der Waals surface area (Å²) in [6.45, 7) is 9.79. The maximum atomic E-state index is 13.1. The number of fused-ring (bicyclic) bond motifs is 1. The van der Waals surface area contributed by atoms with Crippen molar-refractivity contribution < 1.29 is 23.8 Å². The summed E-state index contributed by atoms with van der Waals surface area (Å²) in [5.74, 6) is 0.915. The lowest BCUT2D eigenvalue weighted by molar-refractivity contribution is -0.143. The van der Waals surface area contributed by atoms with Gasteiger partial charge in [0.05, 0.1) is 36.2 Å². The number of ether oxygens (including phenoxy) is 3. The first-order valence-electron chi connectivity index (χ1n) is 13.5. The van der Waals surface area contributed by atoms with Crippen molar-refractivity contribution in [3.8, 4) is 0 Å². The van der Waals surface area contributed by atoms with E-state index in [1.54, 1.807) is 37.5 Å². The zero-order valence-corrected chi connectivity index (χ0v) is 24.5. The van der Waals surface area contributed by atoms with Crippen LogP contribution in [0, 0.1) is 0 Å². The molecule has 0 radical (unpaired) electrons. The van der Waals surface area contributed by atoms with Gasteiger partial charge in [-0.1, -0.05) is 0 Å². The maximum Gasteiger partial charge on any atom is 0.415 e. The van der Waals surface area contributed by atoms with Crippen LogP contribution in [0.15, 0.2) is 24.7 Å². The van der Waals surface area contributed by atoms with Crippen LogP contribution in [-0.2, 0) is 19.0 Å². The molecule has 0 saturated carbocycles. The smallest absolute Gasteiger partial charge is 0.415 e. The topological polar surface area (TPSA) is 132 Å². The van der Waals surface area contributed by atoms with Crippen LogP contribution in [0.25, 0.3) is 10.2 Å². The fourth-order valence-corrected chi connectivity index (χ4v) is 5.13. The minimum Gasteiger partial charge on any atom is -0.466 e. The van der Waals surface area contributed by atoms with E-state index in [9.17, 15) is 9.59 Å². The molecule has 1 amide bonds. The van der Waals surface area contributed by atoms with Crippen LogP contribution in [0.1, 0.15) is 58.6 Å². The van der Waals surface area contributed by atoms with Gasteiger partial charge in [0.15, 0.2) is 0 Å². The molecule has 0 spiro atoms. The zero-order chi connectivity index (χ0) is 28.7. The molecule has 1 atom stereocenters. The number of anilines is 3. The number of hydrogen-bond acceptors (Lipinski definition) is 12. The average molecular weight is 572 g/mol. The molecule has 0 aromatic carbocycles. The molecule has 4 rings (SSSR count). The Balaban J connectivity index is 1.50. The predicted molar refractivity (Wildman–Crippen MR) is 154 cm³/mol. The molecule has 40 heavy (non-hydrogen) atoms. The third-order valence-electron chi connectivity index (χ3n) is 6.06. The summed E-state index contributed by atoms with van der Waals surface area (Å²) in [4.78, 5) is 46.6. The van der Waals surface area contributed by atoms with Crippen LogP contribution in [0.3, 0.4) is 0 Å². The van der Waals surface area contributed by atoms with Gasteiger partial charge in [0.1, 0.15) is 16.7 Å². The molecule has 216 valence electrons. The fraction of sp³-hybridized carbons (Fsp3) is 0.556. The van der Waals surface area contributed by atoms with Gasteiger partial charge in [-0.05, 0) is 46.6 Å². The fourth-order valence-electron chi connectivity index (χ4n) is 4.15. The predicted octanol–water partition coefficient (Wildman–Crippen LogP) is 4.58. The molecule has 3 aromatic heterocycles. The first-order valence-corrected chi connectivity index (χ1v) is 14.3. The molecular formula is C27H37N7O5S. The third-order valence-corrected chi connectivity index (χ3v) is 7.14. The molecule has 1 aliphatic heterocycles. The number of morpholine rings is 1. The van der Waals surface area contributed by atoms with Gasteiger partial charge in [-0.15, -0.1) is 11.3 Å². The van der Waals surface area contributed by atoms with Gasteiger partial charge in [0.25, 0.3) is 0 Å². The van der Waals surface area contributed by atoms with Crippen molar-refractivity contribution in [2.75, 3.05) is 55.0 Å². The van der Waals surface area contributed by atoms with Gasteiger partial charge in [0.2, 0.25) is 11.9 Å². The number of aromatic nitrogens is 4. The average Bonchev–Trinajstić information content (AvgIpc) is 3.35. The number of thiophene rings is 1. The molecule has 3 aromatic rings. The van der Waals surface area contributed by atoms with Crippen molar-refractivity contribution in [3.63, 3.8) is 0 Å². The van der Waals surface area contributed by atoms with E-state index in [0.717, 1.165) is 15.8 Å². The van der Waals surface area contributed by atoms with Crippen LogP contribution in [0.5, 0.6) is 0 Å². The van der Waals surface area contributed by atoms with Crippen molar-refractivity contribution >= 4 is 50.5 Å². The Labute approximate surface area is 238 Å². The third kappa shape index (κ3) is 7.75. The Morgan fingerprint density at radius 1 is 1.20 bits per heavy atom. The maximum absolute atomic E-state index is 13.1. The largest absolute Gasteiger partial charge is 0.466 e. The summed E-state index contributed by atoms with van der Waals surface area (Å²) in [5.41, 5.74) is 0.989. The summed E-state index contributed by atoms with van der Waals surface area (Å²) in [6.07, 6.45) is 6.21. The Bertz CT molecular complexity index is 1290. The van der Waals surface area contributed by atoms with Crippen LogP contribution in [0.4, 0.5) is 21.7 Å². The first kappa shape index (κ1) is 29.4. The van der Waals surface area contributed by atoms with Crippen molar-refractivity contribution in [3.05, 3.63) is 30.2 Å². The number of esters is 1. The summed E-state index contributed by atoms with van der Waals surface area (Å²) < 4.78 is 17.5. The number of amides is 1. The van der Waals surface area contributed by atoms with Gasteiger partial charge < -0.3 is 24.4 Å². The molecular weight excluding hydrogens is 534 g/mol. The van der Waals surface area contributed by atoms with E-state index in [1.165, 1.54) is 11.3 Å². The molecule has 1 saturated heterocycles. The van der Waals surface area contributed by atoms with Crippen molar-refractivity contribution in [2.24, 2.45) is 0 Å². The molecule has 1 fully saturated rings. The lowest BCUT2D eigenvalue weighted by atomic mass is 10.1. The normalized spacial score (nSPS) is 15.6. The number of nitrogens with zero attached hydrogens (tertiary/aromatic N) is 6. The highest BCUT2D eigenvalue weighted by Crippen LogP contribution is 2.34. The number of nitrogens with one attached hydrogen (secondary N) is 1. The number of carbonyl (C=O) groups is 2. The molecule has 12 nitrogen and oxygen atoms in total. The summed E-state index contributed by atoms with van der Waals surface area (Å²) in [5, 5.41) is 3.63. The van der Waals surface area contributed by atoms with E-state index in [4.69, 9.17) is 19.2 Å². The molecule has 4 heterocycles. The van der Waals surface area contributed by atoms with Crippen LogP contribution < -0.4 is 15.1 Å². The van der Waals surface area contributed by atoms with Crippen LogP contribution >= 0.6 is 11.3 Å². The number of hydrogen-bond donors (Lipinski definition) is 1. The number of carbonyl (C=O) groups excluding carboxylic acids is 2. The second-order valence-corrected chi connectivity index (χ2v) is 11.4. The Morgan fingerprint density at radius 3 is 2.67 bits per heavy atom. The Kier molecular flexibility index (Phi) is 9.69. The van der Waals surface area contributed by atoms with Gasteiger partial charge in [0, 0.05) is 44.5 Å². The Morgan fingerprint density at radius 2 is 1.98 bits per heavy atom. The van der Waals surface area contributed by atoms with Gasteiger partial charge in [-0.25, -0.2) is 24.7 Å². The molecule has 0 aliphatic carbocycles. The van der Waals surface area contributed by atoms with Gasteiger partial charge in [-0.2, -0.15) is 0 Å². The van der Waals surface area contributed by atoms with Crippen molar-refractivity contribution in [1.29, 1.82) is 0 Å². The first-order chi connectivity index (χ1) is 19.2. The van der Waals surface area contributed by atoms with E-state index in [0.29, 0.717) is 69.0 Å². The molecule has 0 bridgehead atoms. The second-order valence-electron chi connectivity index (χ2n) is 10.3. The second kappa shape index (κ2) is 13.2. The lowest BCUT2D eigenvalue weighted by Gasteiger charge is -2.32. The van der Waals surface area contributed by atoms with Crippen LogP contribution in [0.2, 0.25) is 0 Å². The zero-order valence-electron chi connectivity index (χ0n) is 23.7. The van der Waals surface area contributed by atoms with E-state index in [1.807, 2.05) is 26.8 Å². The van der Waals surface area contributed by atoms with E-state index in [-0.39, 0.29) is 12.1 Å². The highest BCUT2D eigenvalue weighted by Gasteiger charge is 2.27. The van der Waals surface area contributed by atoms with E-state index in [2.05, 4.69) is 25.2 Å². The molecule has 13 heteroatoms. The van der Waals surface area contributed by atoms with Crippen molar-refractivity contribution in [2.45, 2.75) is 58.7 Å². The standard InChI is InChI=1S/C27H37N7O5S/c1-6-37-23(35)9-7-8-10-34(26(36)39-27(2,3)4)22-13-19-21(40-22)16-31-25(32-19)33-11-12-38-20(17-33)18-14-29-24(28-5)30-15-18/h13-16,20H,6-12,17H2,1-5H3,(H,28,29,30). The van der Waals surface area contributed by atoms with Crippen molar-refractivity contribution in [1.82, 2.24) is 19.9 Å². The van der Waals surface area contributed by atoms with E-state index < -0.39 is 11.7 Å².